The summed E-state index contributed by atoms with van der Waals surface area (Å²) in [4.78, 5) is 29.6. The van der Waals surface area contributed by atoms with Crippen LogP contribution in [0, 0.1) is 18.3 Å². The smallest absolute Gasteiger partial charge is 0.314 e. The lowest BCUT2D eigenvalue weighted by Crippen LogP contribution is -2.60. The van der Waals surface area contributed by atoms with Gasteiger partial charge in [0.05, 0.1) is 26.1 Å². The molecule has 190 valence electrons. The molecule has 4 aliphatic rings. The van der Waals surface area contributed by atoms with Crippen LogP contribution in [0.3, 0.4) is 0 Å². The van der Waals surface area contributed by atoms with E-state index in [1.54, 1.807) is 7.11 Å². The summed E-state index contributed by atoms with van der Waals surface area (Å²) >= 11 is 0. The first kappa shape index (κ1) is 23.8. The van der Waals surface area contributed by atoms with Gasteiger partial charge >= 0.3 is 5.97 Å². The maximum absolute atomic E-state index is 13.8. The van der Waals surface area contributed by atoms with Crippen molar-refractivity contribution >= 4 is 11.9 Å². The fraction of sp³-hybridized carbons (Fsp3) is 0.375. The number of hydrogen-bond donors (Lipinski definition) is 0. The zero-order valence-electron chi connectivity index (χ0n) is 21.7. The molecule has 7 rings (SSSR count). The SMILES string of the molecule is COC(=O)C12CN(C(=O)Cc3ccccc3OC)CC1C1(c3ccc(C)cc3)CCC2c2ccccc21. The Morgan fingerprint density at radius 2 is 1.70 bits per heavy atom. The third kappa shape index (κ3) is 3.29. The number of ether oxygens (including phenoxy) is 2. The number of likely N-dealkylation sites (tertiary alicyclic amines) is 1. The second kappa shape index (κ2) is 8.76. The molecule has 3 aromatic carbocycles. The van der Waals surface area contributed by atoms with Gasteiger partial charge in [-0.25, -0.2) is 0 Å². The second-order valence-corrected chi connectivity index (χ2v) is 10.9. The molecule has 1 saturated heterocycles. The third-order valence-corrected chi connectivity index (χ3v) is 9.36. The van der Waals surface area contributed by atoms with E-state index >= 15 is 0 Å². The molecule has 0 radical (unpaired) electrons. The molecule has 1 amide bonds. The molecule has 4 unspecified atom stereocenters. The number of aryl methyl sites for hydroxylation is 1. The topological polar surface area (TPSA) is 55.8 Å². The Bertz CT molecular complexity index is 1370. The minimum Gasteiger partial charge on any atom is -0.496 e. The van der Waals surface area contributed by atoms with Gasteiger partial charge in [-0.1, -0.05) is 72.3 Å². The van der Waals surface area contributed by atoms with Crippen molar-refractivity contribution in [3.8, 4) is 5.75 Å². The highest BCUT2D eigenvalue weighted by Crippen LogP contribution is 2.69. The highest BCUT2D eigenvalue weighted by molar-refractivity contribution is 5.86. The van der Waals surface area contributed by atoms with Crippen LogP contribution in [-0.4, -0.2) is 44.1 Å². The van der Waals surface area contributed by atoms with Crippen molar-refractivity contribution < 1.29 is 19.1 Å². The van der Waals surface area contributed by atoms with E-state index in [0.29, 0.717) is 18.8 Å². The van der Waals surface area contributed by atoms with Crippen molar-refractivity contribution in [3.05, 3.63) is 101 Å². The van der Waals surface area contributed by atoms with Crippen molar-refractivity contribution in [2.45, 2.75) is 37.5 Å². The molecule has 1 saturated carbocycles. The maximum atomic E-state index is 13.8. The van der Waals surface area contributed by atoms with E-state index in [0.717, 1.165) is 18.4 Å². The number of methoxy groups -OCH3 is 2. The number of nitrogens with zero attached hydrogens (tertiary/aromatic N) is 1. The van der Waals surface area contributed by atoms with E-state index in [4.69, 9.17) is 9.47 Å². The molecule has 2 fully saturated rings. The Hall–Kier alpha value is -3.60. The van der Waals surface area contributed by atoms with Crippen LogP contribution in [0.2, 0.25) is 0 Å². The molecule has 5 nitrogen and oxygen atoms in total. The molecule has 1 aliphatic heterocycles. The summed E-state index contributed by atoms with van der Waals surface area (Å²) in [5.41, 5.74) is 4.69. The largest absolute Gasteiger partial charge is 0.496 e. The molecular weight excluding hydrogens is 462 g/mol. The number of carbonyl (C=O) groups excluding carboxylic acids is 2. The summed E-state index contributed by atoms with van der Waals surface area (Å²) in [6, 6.07) is 25.0. The van der Waals surface area contributed by atoms with Crippen molar-refractivity contribution in [1.29, 1.82) is 0 Å². The number of amides is 1. The van der Waals surface area contributed by atoms with E-state index in [2.05, 4.69) is 55.5 Å². The predicted octanol–water partition coefficient (Wildman–Crippen LogP) is 5.04. The zero-order chi connectivity index (χ0) is 25.8. The van der Waals surface area contributed by atoms with Crippen LogP contribution in [-0.2, 0) is 26.2 Å². The Morgan fingerprint density at radius 1 is 0.973 bits per heavy atom. The summed E-state index contributed by atoms with van der Waals surface area (Å²) in [5.74, 6) is 0.493. The van der Waals surface area contributed by atoms with Gasteiger partial charge in [0.1, 0.15) is 5.75 Å². The fourth-order valence-corrected chi connectivity index (χ4v) is 7.79. The summed E-state index contributed by atoms with van der Waals surface area (Å²) in [7, 11) is 3.11. The van der Waals surface area contributed by atoms with Gasteiger partial charge in [0, 0.05) is 35.9 Å². The van der Waals surface area contributed by atoms with Crippen LogP contribution in [0.15, 0.2) is 72.8 Å². The third-order valence-electron chi connectivity index (χ3n) is 9.36. The van der Waals surface area contributed by atoms with Gasteiger partial charge in [-0.05, 0) is 42.5 Å². The second-order valence-electron chi connectivity index (χ2n) is 10.9. The number of hydrogen-bond acceptors (Lipinski definition) is 4. The van der Waals surface area contributed by atoms with Crippen molar-refractivity contribution in [2.75, 3.05) is 27.3 Å². The zero-order valence-corrected chi connectivity index (χ0v) is 21.7. The van der Waals surface area contributed by atoms with Gasteiger partial charge in [-0.2, -0.15) is 0 Å². The Morgan fingerprint density at radius 3 is 2.46 bits per heavy atom. The van der Waals surface area contributed by atoms with Crippen LogP contribution < -0.4 is 4.74 Å². The van der Waals surface area contributed by atoms with Crippen LogP contribution in [0.5, 0.6) is 5.75 Å². The highest BCUT2D eigenvalue weighted by Gasteiger charge is 2.71. The average molecular weight is 496 g/mol. The summed E-state index contributed by atoms with van der Waals surface area (Å²) in [6.07, 6.45) is 2.09. The number of fused-ring (bicyclic) bond motifs is 1. The van der Waals surface area contributed by atoms with Gasteiger partial charge in [0.2, 0.25) is 5.91 Å². The number of para-hydroxylation sites is 1. The van der Waals surface area contributed by atoms with Gasteiger partial charge in [0.25, 0.3) is 0 Å². The number of rotatable bonds is 5. The van der Waals surface area contributed by atoms with Crippen LogP contribution in [0.25, 0.3) is 0 Å². The first-order chi connectivity index (χ1) is 18.0. The highest BCUT2D eigenvalue weighted by atomic mass is 16.5. The van der Waals surface area contributed by atoms with Crippen molar-refractivity contribution in [3.63, 3.8) is 0 Å². The lowest BCUT2D eigenvalue weighted by atomic mass is 9.42. The normalized spacial score (nSPS) is 27.4. The lowest BCUT2D eigenvalue weighted by Gasteiger charge is -2.59. The monoisotopic (exact) mass is 495 g/mol. The van der Waals surface area contributed by atoms with E-state index in [1.807, 2.05) is 29.2 Å². The number of esters is 1. The summed E-state index contributed by atoms with van der Waals surface area (Å²) < 4.78 is 11.1. The van der Waals surface area contributed by atoms with E-state index in [9.17, 15) is 9.59 Å². The van der Waals surface area contributed by atoms with Gasteiger partial charge < -0.3 is 14.4 Å². The van der Waals surface area contributed by atoms with Crippen LogP contribution in [0.4, 0.5) is 0 Å². The Kier molecular flexibility index (Phi) is 5.63. The molecule has 37 heavy (non-hydrogen) atoms. The van der Waals surface area contributed by atoms with E-state index < -0.39 is 5.41 Å². The minimum atomic E-state index is -0.775. The fourth-order valence-electron chi connectivity index (χ4n) is 7.79. The molecule has 3 aliphatic carbocycles. The maximum Gasteiger partial charge on any atom is 0.314 e. The minimum absolute atomic E-state index is 0.0182. The molecule has 0 spiro atoms. The van der Waals surface area contributed by atoms with E-state index in [-0.39, 0.29) is 35.5 Å². The molecule has 4 atom stereocenters. The number of benzene rings is 3. The van der Waals surface area contributed by atoms with Gasteiger partial charge in [0.15, 0.2) is 0 Å². The Labute approximate surface area is 218 Å². The molecule has 0 N–H and O–H groups in total. The molecule has 3 aromatic rings. The lowest BCUT2D eigenvalue weighted by molar-refractivity contribution is -0.161. The van der Waals surface area contributed by atoms with Crippen molar-refractivity contribution in [1.82, 2.24) is 4.90 Å². The molecule has 2 bridgehead atoms. The Balaban J connectivity index is 1.48. The van der Waals surface area contributed by atoms with E-state index in [1.165, 1.54) is 29.4 Å². The van der Waals surface area contributed by atoms with Gasteiger partial charge in [-0.3, -0.25) is 9.59 Å². The summed E-state index contributed by atoms with van der Waals surface area (Å²) in [6.45, 7) is 3.01. The van der Waals surface area contributed by atoms with Crippen LogP contribution in [0.1, 0.15) is 46.6 Å². The summed E-state index contributed by atoms with van der Waals surface area (Å²) in [5, 5.41) is 0. The first-order valence-electron chi connectivity index (χ1n) is 13.1. The molecule has 0 aromatic heterocycles. The van der Waals surface area contributed by atoms with Gasteiger partial charge in [-0.15, -0.1) is 0 Å². The predicted molar refractivity (Wildman–Crippen MR) is 142 cm³/mol. The molecular formula is C32H33NO4. The molecule has 5 heteroatoms. The standard InChI is InChI=1S/C32H33NO4/c1-21-12-14-23(15-13-21)31-17-16-26(24-9-5-6-10-25(24)31)32(30(35)37-3)20-33(19-28(31)32)29(34)18-22-8-4-7-11-27(22)36-2/h4-15,26,28H,16-20H2,1-3H3. The molecule has 1 heterocycles. The average Bonchev–Trinajstić information content (AvgIpc) is 3.37. The number of carbonyl (C=O) groups is 2. The first-order valence-corrected chi connectivity index (χ1v) is 13.1. The van der Waals surface area contributed by atoms with Crippen LogP contribution >= 0.6 is 0 Å². The quantitative estimate of drug-likeness (QED) is 0.466. The van der Waals surface area contributed by atoms with Crippen molar-refractivity contribution in [2.24, 2.45) is 11.3 Å².